The van der Waals surface area contributed by atoms with Crippen molar-refractivity contribution in [3.05, 3.63) is 89.3 Å². The quantitative estimate of drug-likeness (QED) is 0.577. The van der Waals surface area contributed by atoms with E-state index in [1.165, 1.54) is 24.5 Å². The van der Waals surface area contributed by atoms with Crippen LogP contribution in [0.2, 0.25) is 0 Å². The highest BCUT2D eigenvalue weighted by Gasteiger charge is 2.10. The first-order valence-electron chi connectivity index (χ1n) is 7.78. The van der Waals surface area contributed by atoms with Crippen LogP contribution in [0.5, 0.6) is 17.2 Å². The van der Waals surface area contributed by atoms with Gasteiger partial charge in [0.15, 0.2) is 0 Å². The molecule has 0 aliphatic carbocycles. The molecule has 4 rings (SSSR count). The first-order chi connectivity index (χ1) is 12.2. The normalized spacial score (nSPS) is 10.7. The van der Waals surface area contributed by atoms with Crippen LogP contribution in [0.15, 0.2) is 88.3 Å². The average molecular weight is 330 g/mol. The van der Waals surface area contributed by atoms with Gasteiger partial charge in [-0.2, -0.15) is 0 Å². The van der Waals surface area contributed by atoms with E-state index in [1.807, 2.05) is 54.6 Å². The third-order valence-corrected chi connectivity index (χ3v) is 3.92. The van der Waals surface area contributed by atoms with Gasteiger partial charge in [0.1, 0.15) is 23.3 Å². The van der Waals surface area contributed by atoms with Gasteiger partial charge in [0.05, 0.1) is 5.39 Å². The molecule has 3 aromatic carbocycles. The second-order valence-corrected chi connectivity index (χ2v) is 5.60. The number of fused-ring (bicyclic) bond motifs is 1. The van der Waals surface area contributed by atoms with Gasteiger partial charge in [-0.05, 0) is 35.4 Å². The van der Waals surface area contributed by atoms with E-state index in [2.05, 4.69) is 0 Å². The number of aromatic hydroxyl groups is 1. The average Bonchev–Trinajstić information content (AvgIpc) is 2.65. The molecule has 4 heteroatoms. The fourth-order valence-electron chi connectivity index (χ4n) is 2.64. The molecule has 0 spiro atoms. The molecule has 0 saturated heterocycles. The van der Waals surface area contributed by atoms with Gasteiger partial charge in [-0.1, -0.05) is 42.5 Å². The summed E-state index contributed by atoms with van der Waals surface area (Å²) in [5.41, 5.74) is 2.21. The molecule has 1 aromatic heterocycles. The minimum absolute atomic E-state index is 0.0424. The van der Waals surface area contributed by atoms with E-state index in [-0.39, 0.29) is 16.9 Å². The molecule has 0 fully saturated rings. The van der Waals surface area contributed by atoms with Crippen LogP contribution in [-0.4, -0.2) is 5.11 Å². The van der Waals surface area contributed by atoms with Crippen molar-refractivity contribution in [2.45, 2.75) is 0 Å². The number of phenolic OH excluding ortho intramolecular Hbond substituents is 1. The predicted molar refractivity (Wildman–Crippen MR) is 96.1 cm³/mol. The maximum Gasteiger partial charge on any atom is 0.235 e. The maximum absolute atomic E-state index is 12.5. The summed E-state index contributed by atoms with van der Waals surface area (Å²) in [6, 6.07) is 21.8. The molecule has 25 heavy (non-hydrogen) atoms. The van der Waals surface area contributed by atoms with Crippen LogP contribution in [0.1, 0.15) is 0 Å². The topological polar surface area (TPSA) is 59.7 Å². The van der Waals surface area contributed by atoms with Crippen LogP contribution < -0.4 is 10.2 Å². The number of ether oxygens (including phenoxy) is 1. The van der Waals surface area contributed by atoms with Crippen LogP contribution in [0.25, 0.3) is 22.1 Å². The van der Waals surface area contributed by atoms with Crippen molar-refractivity contribution < 1.29 is 14.3 Å². The Hall–Kier alpha value is -3.53. The smallest absolute Gasteiger partial charge is 0.235 e. The highest BCUT2D eigenvalue weighted by atomic mass is 16.5. The van der Waals surface area contributed by atoms with Crippen molar-refractivity contribution >= 4 is 11.0 Å². The minimum Gasteiger partial charge on any atom is -0.508 e. The number of rotatable bonds is 3. The van der Waals surface area contributed by atoms with E-state index in [9.17, 15) is 9.90 Å². The minimum atomic E-state index is -0.284. The molecule has 1 N–H and O–H groups in total. The molecule has 0 unspecified atom stereocenters. The molecule has 0 aliphatic heterocycles. The number of hydrogen-bond acceptors (Lipinski definition) is 4. The lowest BCUT2D eigenvalue weighted by molar-refractivity contribution is 0.449. The summed E-state index contributed by atoms with van der Waals surface area (Å²) in [5, 5.41) is 9.81. The van der Waals surface area contributed by atoms with Crippen molar-refractivity contribution in [2.75, 3.05) is 0 Å². The van der Waals surface area contributed by atoms with Crippen LogP contribution in [-0.2, 0) is 0 Å². The van der Waals surface area contributed by atoms with E-state index in [4.69, 9.17) is 9.15 Å². The lowest BCUT2D eigenvalue weighted by atomic mass is 10.1. The van der Waals surface area contributed by atoms with E-state index in [1.54, 1.807) is 0 Å². The SMILES string of the molecule is O=c1c(Oc2ccc(-c3ccccc3)cc2)coc2cc(O)ccc12. The zero-order valence-corrected chi connectivity index (χ0v) is 13.2. The van der Waals surface area contributed by atoms with E-state index < -0.39 is 0 Å². The van der Waals surface area contributed by atoms with Crippen molar-refractivity contribution in [2.24, 2.45) is 0 Å². The largest absolute Gasteiger partial charge is 0.508 e. The first-order valence-corrected chi connectivity index (χ1v) is 7.78. The third-order valence-electron chi connectivity index (χ3n) is 3.92. The first kappa shape index (κ1) is 15.0. The Balaban J connectivity index is 1.64. The highest BCUT2D eigenvalue weighted by molar-refractivity contribution is 5.79. The molecule has 0 atom stereocenters. The Morgan fingerprint density at radius 2 is 1.56 bits per heavy atom. The van der Waals surface area contributed by atoms with E-state index >= 15 is 0 Å². The van der Waals surface area contributed by atoms with Crippen molar-refractivity contribution in [3.63, 3.8) is 0 Å². The highest BCUT2D eigenvalue weighted by Crippen LogP contribution is 2.26. The summed E-state index contributed by atoms with van der Waals surface area (Å²) >= 11 is 0. The lowest BCUT2D eigenvalue weighted by Gasteiger charge is -2.07. The summed E-state index contributed by atoms with van der Waals surface area (Å²) in [7, 11) is 0. The van der Waals surface area contributed by atoms with Crippen molar-refractivity contribution in [3.8, 4) is 28.4 Å². The molecular weight excluding hydrogens is 316 g/mol. The standard InChI is InChI=1S/C21H14O4/c22-16-8-11-18-19(12-16)24-13-20(21(18)23)25-17-9-6-15(7-10-17)14-4-2-1-3-5-14/h1-13,22H. The van der Waals surface area contributed by atoms with Gasteiger partial charge in [0, 0.05) is 6.07 Å². The van der Waals surface area contributed by atoms with Crippen LogP contribution in [0.4, 0.5) is 0 Å². The lowest BCUT2D eigenvalue weighted by Crippen LogP contribution is -2.04. The Bertz CT molecular complexity index is 1080. The maximum atomic E-state index is 12.5. The summed E-state index contributed by atoms with van der Waals surface area (Å²) in [6.45, 7) is 0. The zero-order chi connectivity index (χ0) is 17.2. The fraction of sp³-hybridized carbons (Fsp3) is 0. The fourth-order valence-corrected chi connectivity index (χ4v) is 2.64. The summed E-state index contributed by atoms with van der Waals surface area (Å²) in [4.78, 5) is 12.5. The number of phenols is 1. The monoisotopic (exact) mass is 330 g/mol. The van der Waals surface area contributed by atoms with E-state index in [0.29, 0.717) is 16.7 Å². The Morgan fingerprint density at radius 3 is 2.32 bits per heavy atom. The van der Waals surface area contributed by atoms with Gasteiger partial charge in [-0.25, -0.2) is 0 Å². The van der Waals surface area contributed by atoms with Gasteiger partial charge in [-0.15, -0.1) is 0 Å². The molecular formula is C21H14O4. The molecule has 4 nitrogen and oxygen atoms in total. The molecule has 0 amide bonds. The van der Waals surface area contributed by atoms with Crippen LogP contribution >= 0.6 is 0 Å². The Labute approximate surface area is 143 Å². The van der Waals surface area contributed by atoms with Crippen molar-refractivity contribution in [1.82, 2.24) is 0 Å². The van der Waals surface area contributed by atoms with Gasteiger partial charge in [-0.3, -0.25) is 4.79 Å². The van der Waals surface area contributed by atoms with Gasteiger partial charge < -0.3 is 14.3 Å². The summed E-state index contributed by atoms with van der Waals surface area (Å²) in [5.74, 6) is 0.691. The number of benzene rings is 3. The molecule has 0 aliphatic rings. The Kier molecular flexibility index (Phi) is 3.71. The molecule has 0 bridgehead atoms. The van der Waals surface area contributed by atoms with Crippen LogP contribution in [0.3, 0.4) is 0 Å². The van der Waals surface area contributed by atoms with Gasteiger partial charge in [0.2, 0.25) is 11.2 Å². The van der Waals surface area contributed by atoms with Crippen molar-refractivity contribution in [1.29, 1.82) is 0 Å². The molecule has 122 valence electrons. The van der Waals surface area contributed by atoms with Gasteiger partial charge >= 0.3 is 0 Å². The van der Waals surface area contributed by atoms with E-state index in [0.717, 1.165) is 11.1 Å². The third kappa shape index (κ3) is 2.97. The van der Waals surface area contributed by atoms with Crippen LogP contribution in [0, 0.1) is 0 Å². The zero-order valence-electron chi connectivity index (χ0n) is 13.2. The second kappa shape index (κ2) is 6.17. The molecule has 4 aromatic rings. The summed E-state index contributed by atoms with van der Waals surface area (Å²) < 4.78 is 11.1. The predicted octanol–water partition coefficient (Wildman–Crippen LogP) is 4.96. The Morgan fingerprint density at radius 1 is 0.840 bits per heavy atom. The molecule has 0 saturated carbocycles. The second-order valence-electron chi connectivity index (χ2n) is 5.60. The summed E-state index contributed by atoms with van der Waals surface area (Å²) in [6.07, 6.45) is 1.26. The molecule has 1 heterocycles. The number of hydrogen-bond donors (Lipinski definition) is 1. The molecule has 0 radical (unpaired) electrons. The van der Waals surface area contributed by atoms with Gasteiger partial charge in [0.25, 0.3) is 0 Å².